The summed E-state index contributed by atoms with van der Waals surface area (Å²) in [5.41, 5.74) is 5.52. The lowest BCUT2D eigenvalue weighted by Crippen LogP contribution is -2.40. The third kappa shape index (κ3) is 4.42. The van der Waals surface area contributed by atoms with Crippen molar-refractivity contribution in [2.75, 3.05) is 6.54 Å². The number of unbranched alkanes of at least 4 members (excludes halogenated alkanes) is 1. The molecule has 1 aromatic carbocycles. The molecule has 7 heteroatoms. The van der Waals surface area contributed by atoms with Crippen molar-refractivity contribution in [2.24, 2.45) is 5.73 Å². The van der Waals surface area contributed by atoms with E-state index in [2.05, 4.69) is 4.72 Å². The lowest BCUT2D eigenvalue weighted by atomic mass is 10.1. The number of sulfonamides is 1. The van der Waals surface area contributed by atoms with Crippen molar-refractivity contribution in [1.29, 1.82) is 0 Å². The first-order valence-corrected chi connectivity index (χ1v) is 7.95. The van der Waals surface area contributed by atoms with Crippen molar-refractivity contribution >= 4 is 21.6 Å². The quantitative estimate of drug-likeness (QED) is 0.811. The largest absolute Gasteiger partial charge is 0.329 e. The SMILES string of the molecule is CCCCC(CN)NS(=O)(=O)c1cccc(Cl)c1F. The lowest BCUT2D eigenvalue weighted by molar-refractivity contribution is 0.509. The molecule has 0 fully saturated rings. The normalized spacial score (nSPS) is 13.5. The molecule has 1 rings (SSSR count). The Morgan fingerprint density at radius 1 is 1.47 bits per heavy atom. The number of rotatable bonds is 7. The number of hydrogen-bond donors (Lipinski definition) is 2. The summed E-state index contributed by atoms with van der Waals surface area (Å²) in [5, 5.41) is -0.222. The highest BCUT2D eigenvalue weighted by atomic mass is 35.5. The molecule has 4 nitrogen and oxygen atoms in total. The van der Waals surface area contributed by atoms with Crippen LogP contribution in [0.25, 0.3) is 0 Å². The summed E-state index contributed by atoms with van der Waals surface area (Å²) in [7, 11) is -3.94. The van der Waals surface area contributed by atoms with Gasteiger partial charge in [0.1, 0.15) is 4.90 Å². The van der Waals surface area contributed by atoms with E-state index in [4.69, 9.17) is 17.3 Å². The lowest BCUT2D eigenvalue weighted by Gasteiger charge is -2.17. The van der Waals surface area contributed by atoms with Gasteiger partial charge in [-0.05, 0) is 18.6 Å². The highest BCUT2D eigenvalue weighted by Gasteiger charge is 2.23. The van der Waals surface area contributed by atoms with E-state index in [9.17, 15) is 12.8 Å². The van der Waals surface area contributed by atoms with Crippen LogP contribution in [0.3, 0.4) is 0 Å². The average Bonchev–Trinajstić information content (AvgIpc) is 2.37. The molecule has 0 aliphatic carbocycles. The molecule has 1 unspecified atom stereocenters. The Hall–Kier alpha value is -0.690. The predicted molar refractivity (Wildman–Crippen MR) is 74.1 cm³/mol. The van der Waals surface area contributed by atoms with Crippen LogP contribution < -0.4 is 10.5 Å². The maximum absolute atomic E-state index is 13.7. The van der Waals surface area contributed by atoms with Crippen molar-refractivity contribution in [2.45, 2.75) is 37.1 Å². The van der Waals surface area contributed by atoms with E-state index in [1.54, 1.807) is 0 Å². The summed E-state index contributed by atoms with van der Waals surface area (Å²) >= 11 is 5.58. The number of halogens is 2. The van der Waals surface area contributed by atoms with Crippen LogP contribution in [-0.2, 0) is 10.0 Å². The molecule has 0 aliphatic rings. The summed E-state index contributed by atoms with van der Waals surface area (Å²) in [4.78, 5) is -0.449. The summed E-state index contributed by atoms with van der Waals surface area (Å²) in [6.45, 7) is 2.17. The van der Waals surface area contributed by atoms with Gasteiger partial charge in [-0.2, -0.15) is 0 Å². The average molecular weight is 309 g/mol. The molecule has 1 atom stereocenters. The Bertz CT molecular complexity index is 522. The van der Waals surface area contributed by atoms with Gasteiger partial charge in [-0.15, -0.1) is 0 Å². The molecule has 108 valence electrons. The molecule has 1 aromatic rings. The van der Waals surface area contributed by atoms with Gasteiger partial charge in [0.15, 0.2) is 5.82 Å². The van der Waals surface area contributed by atoms with Crippen molar-refractivity contribution in [3.05, 3.63) is 29.0 Å². The van der Waals surface area contributed by atoms with E-state index in [1.807, 2.05) is 6.92 Å². The van der Waals surface area contributed by atoms with Gasteiger partial charge in [0.25, 0.3) is 0 Å². The van der Waals surface area contributed by atoms with Gasteiger partial charge < -0.3 is 5.73 Å². The molecule has 0 aromatic heterocycles. The number of benzene rings is 1. The molecular formula is C12H18ClFN2O2S. The van der Waals surface area contributed by atoms with Gasteiger partial charge >= 0.3 is 0 Å². The fraction of sp³-hybridized carbons (Fsp3) is 0.500. The Balaban J connectivity index is 2.94. The van der Waals surface area contributed by atoms with Crippen LogP contribution in [0.5, 0.6) is 0 Å². The molecule has 19 heavy (non-hydrogen) atoms. The predicted octanol–water partition coefficient (Wildman–Crippen LogP) is 2.27. The molecule has 0 heterocycles. The van der Waals surface area contributed by atoms with Crippen LogP contribution in [0.15, 0.2) is 23.1 Å². The maximum Gasteiger partial charge on any atom is 0.243 e. The van der Waals surface area contributed by atoms with Crippen molar-refractivity contribution < 1.29 is 12.8 Å². The third-order valence-electron chi connectivity index (χ3n) is 2.72. The summed E-state index contributed by atoms with van der Waals surface area (Å²) in [5.74, 6) is -0.942. The number of nitrogens with one attached hydrogen (secondary N) is 1. The van der Waals surface area contributed by atoms with E-state index >= 15 is 0 Å². The topological polar surface area (TPSA) is 72.2 Å². The van der Waals surface area contributed by atoms with Crippen molar-refractivity contribution in [1.82, 2.24) is 4.72 Å². The standard InChI is InChI=1S/C12H18ClFN2O2S/c1-2-3-5-9(8-15)16-19(17,18)11-7-4-6-10(13)12(11)14/h4,6-7,9,16H,2-3,5,8,15H2,1H3. The molecule has 0 bridgehead atoms. The Labute approximate surface area is 118 Å². The molecule has 0 radical (unpaired) electrons. The Morgan fingerprint density at radius 2 is 2.16 bits per heavy atom. The zero-order chi connectivity index (χ0) is 14.5. The third-order valence-corrected chi connectivity index (χ3v) is 4.55. The number of hydrogen-bond acceptors (Lipinski definition) is 3. The first kappa shape index (κ1) is 16.4. The van der Waals surface area contributed by atoms with Crippen molar-refractivity contribution in [3.8, 4) is 0 Å². The molecule has 3 N–H and O–H groups in total. The van der Waals surface area contributed by atoms with Gasteiger partial charge in [0.05, 0.1) is 5.02 Å². The zero-order valence-electron chi connectivity index (χ0n) is 10.7. The van der Waals surface area contributed by atoms with Crippen LogP contribution in [-0.4, -0.2) is 21.0 Å². The second-order valence-corrected chi connectivity index (χ2v) is 6.34. The van der Waals surface area contributed by atoms with Gasteiger partial charge in [-0.3, -0.25) is 0 Å². The fourth-order valence-corrected chi connectivity index (χ4v) is 3.26. The molecule has 0 aliphatic heterocycles. The van der Waals surface area contributed by atoms with Gasteiger partial charge in [0, 0.05) is 12.6 Å². The van der Waals surface area contributed by atoms with Crippen molar-refractivity contribution in [3.63, 3.8) is 0 Å². The minimum atomic E-state index is -3.94. The monoisotopic (exact) mass is 308 g/mol. The molecule has 0 amide bonds. The second-order valence-electron chi connectivity index (χ2n) is 4.25. The van der Waals surface area contributed by atoms with E-state index in [0.717, 1.165) is 12.8 Å². The summed E-state index contributed by atoms with van der Waals surface area (Å²) in [6.07, 6.45) is 2.40. The van der Waals surface area contributed by atoms with Crippen LogP contribution in [0.2, 0.25) is 5.02 Å². The van der Waals surface area contributed by atoms with Gasteiger partial charge in [-0.1, -0.05) is 37.4 Å². The molecule has 0 saturated carbocycles. The van der Waals surface area contributed by atoms with E-state index in [1.165, 1.54) is 18.2 Å². The van der Waals surface area contributed by atoms with Crippen LogP contribution in [0.4, 0.5) is 4.39 Å². The smallest absolute Gasteiger partial charge is 0.243 e. The first-order chi connectivity index (χ1) is 8.92. The molecular weight excluding hydrogens is 291 g/mol. The highest BCUT2D eigenvalue weighted by Crippen LogP contribution is 2.22. The Kier molecular flexibility index (Phi) is 6.19. The maximum atomic E-state index is 13.7. The van der Waals surface area contributed by atoms with E-state index in [-0.39, 0.29) is 11.6 Å². The van der Waals surface area contributed by atoms with Crippen LogP contribution in [0.1, 0.15) is 26.2 Å². The molecule has 0 saturated heterocycles. The van der Waals surface area contributed by atoms with Crippen LogP contribution in [0, 0.1) is 5.82 Å². The van der Waals surface area contributed by atoms with Gasteiger partial charge in [-0.25, -0.2) is 17.5 Å². The summed E-state index contributed by atoms with van der Waals surface area (Å²) < 4.78 is 40.3. The zero-order valence-corrected chi connectivity index (χ0v) is 12.3. The molecule has 0 spiro atoms. The van der Waals surface area contributed by atoms with Gasteiger partial charge in [0.2, 0.25) is 10.0 Å². The Morgan fingerprint density at radius 3 is 2.74 bits per heavy atom. The van der Waals surface area contributed by atoms with Crippen LogP contribution >= 0.6 is 11.6 Å². The number of nitrogens with two attached hydrogens (primary N) is 1. The van der Waals surface area contributed by atoms with E-state index < -0.39 is 26.8 Å². The second kappa shape index (κ2) is 7.19. The fourth-order valence-electron chi connectivity index (χ4n) is 1.65. The minimum Gasteiger partial charge on any atom is -0.329 e. The van der Waals surface area contributed by atoms with E-state index in [0.29, 0.717) is 6.42 Å². The minimum absolute atomic E-state index is 0.168. The highest BCUT2D eigenvalue weighted by molar-refractivity contribution is 7.89. The first-order valence-electron chi connectivity index (χ1n) is 6.08. The summed E-state index contributed by atoms with van der Waals surface area (Å²) in [6, 6.07) is 3.47.